The summed E-state index contributed by atoms with van der Waals surface area (Å²) in [5, 5.41) is 28.8. The average molecular weight is 268 g/mol. The van der Waals surface area contributed by atoms with Gasteiger partial charge in [-0.25, -0.2) is 0 Å². The van der Waals surface area contributed by atoms with Gasteiger partial charge in [0.15, 0.2) is 0 Å². The first-order valence-electron chi connectivity index (χ1n) is 5.49. The second-order valence-electron chi connectivity index (χ2n) is 3.97. The summed E-state index contributed by atoms with van der Waals surface area (Å²) < 4.78 is 4.94. The van der Waals surface area contributed by atoms with Crippen LogP contribution in [0.15, 0.2) is 47.6 Å². The molecular weight excluding hydrogens is 260 g/mol. The zero-order chi connectivity index (χ0) is 14.7. The van der Waals surface area contributed by atoms with Crippen LogP contribution in [0.3, 0.4) is 0 Å². The maximum absolute atomic E-state index is 10.6. The molecule has 0 aliphatic carbocycles. The lowest BCUT2D eigenvalue weighted by atomic mass is 9.85. The van der Waals surface area contributed by atoms with Crippen LogP contribution < -0.4 is 5.73 Å². The fourth-order valence-corrected chi connectivity index (χ4v) is 1.90. The van der Waals surface area contributed by atoms with Gasteiger partial charge < -0.3 is 10.5 Å². The molecule has 1 atom stereocenters. The summed E-state index contributed by atoms with van der Waals surface area (Å²) in [6, 6.07) is 9.44. The Labute approximate surface area is 113 Å². The number of nitrogens with zero attached hydrogens (tertiary/aromatic N) is 3. The maximum Gasteiger partial charge on any atom is 0.269 e. The van der Waals surface area contributed by atoms with Gasteiger partial charge in [-0.05, 0) is 5.56 Å². The van der Waals surface area contributed by atoms with E-state index in [1.54, 1.807) is 0 Å². The van der Waals surface area contributed by atoms with Crippen molar-refractivity contribution in [3.63, 3.8) is 0 Å². The first kappa shape index (κ1) is 13.1. The second-order valence-corrected chi connectivity index (χ2v) is 3.97. The lowest BCUT2D eigenvalue weighted by Gasteiger charge is -2.21. The molecule has 2 rings (SSSR count). The number of nitrogens with two attached hydrogens (primary N) is 1. The van der Waals surface area contributed by atoms with E-state index in [1.165, 1.54) is 30.5 Å². The van der Waals surface area contributed by atoms with E-state index in [4.69, 9.17) is 21.0 Å². The van der Waals surface area contributed by atoms with E-state index in [0.29, 0.717) is 5.56 Å². The van der Waals surface area contributed by atoms with Gasteiger partial charge in [0.05, 0.1) is 22.5 Å². The van der Waals surface area contributed by atoms with Crippen LogP contribution in [0.4, 0.5) is 5.69 Å². The molecule has 2 N–H and O–H groups in total. The van der Waals surface area contributed by atoms with Crippen molar-refractivity contribution in [2.75, 3.05) is 0 Å². The first-order chi connectivity index (χ1) is 9.58. The number of benzene rings is 1. The summed E-state index contributed by atoms with van der Waals surface area (Å²) in [7, 11) is 0. The van der Waals surface area contributed by atoms with Crippen LogP contribution in [0.25, 0.3) is 0 Å². The van der Waals surface area contributed by atoms with Crippen molar-refractivity contribution in [1.29, 1.82) is 10.5 Å². The van der Waals surface area contributed by atoms with E-state index >= 15 is 0 Å². The van der Waals surface area contributed by atoms with E-state index in [2.05, 4.69) is 0 Å². The van der Waals surface area contributed by atoms with Crippen molar-refractivity contribution in [3.8, 4) is 12.1 Å². The van der Waals surface area contributed by atoms with Gasteiger partial charge >= 0.3 is 0 Å². The largest absolute Gasteiger partial charge is 0.447 e. The summed E-state index contributed by atoms with van der Waals surface area (Å²) in [5.41, 5.74) is 6.40. The highest BCUT2D eigenvalue weighted by Crippen LogP contribution is 2.36. The quantitative estimate of drug-likeness (QED) is 0.643. The van der Waals surface area contributed by atoms with E-state index in [0.717, 1.165) is 0 Å². The number of non-ortho nitro benzene ring substituents is 1. The maximum atomic E-state index is 10.6. The van der Waals surface area contributed by atoms with Crippen molar-refractivity contribution in [3.05, 3.63) is 63.2 Å². The predicted octanol–water partition coefficient (Wildman–Crippen LogP) is 1.81. The zero-order valence-electron chi connectivity index (χ0n) is 10.1. The third kappa shape index (κ3) is 2.16. The molecule has 0 radical (unpaired) electrons. The fraction of sp³-hybridized carbons (Fsp3) is 0.0769. The summed E-state index contributed by atoms with van der Waals surface area (Å²) in [5.74, 6) is -0.741. The standard InChI is InChI=1S/C13H8N4O3/c14-5-9-7-20-13(16)11(6-15)12(9)8-1-3-10(4-2-8)17(18)19/h1-4,7,12H,16H2. The Morgan fingerprint density at radius 1 is 1.25 bits per heavy atom. The second kappa shape index (κ2) is 5.12. The number of nitro groups is 1. The van der Waals surface area contributed by atoms with Crippen molar-refractivity contribution < 1.29 is 9.66 Å². The molecule has 1 aromatic rings. The molecule has 7 nitrogen and oxygen atoms in total. The van der Waals surface area contributed by atoms with E-state index in [-0.39, 0.29) is 22.7 Å². The van der Waals surface area contributed by atoms with Crippen LogP contribution in [-0.2, 0) is 4.74 Å². The molecule has 1 aliphatic rings. The minimum absolute atomic E-state index is 0.0706. The van der Waals surface area contributed by atoms with Gasteiger partial charge in [-0.3, -0.25) is 10.1 Å². The molecule has 0 spiro atoms. The number of nitriles is 2. The SMILES string of the molecule is N#CC1=COC(N)=C(C#N)C1c1ccc([N+](=O)[O-])cc1. The Morgan fingerprint density at radius 2 is 1.90 bits per heavy atom. The lowest BCUT2D eigenvalue weighted by Crippen LogP contribution is -2.16. The van der Waals surface area contributed by atoms with Gasteiger partial charge in [0, 0.05) is 12.1 Å². The molecule has 0 bridgehead atoms. The Kier molecular flexibility index (Phi) is 3.36. The van der Waals surface area contributed by atoms with Crippen molar-refractivity contribution in [1.82, 2.24) is 0 Å². The molecule has 0 amide bonds. The van der Waals surface area contributed by atoms with Gasteiger partial charge in [0.25, 0.3) is 5.69 Å². The lowest BCUT2D eigenvalue weighted by molar-refractivity contribution is -0.384. The highest BCUT2D eigenvalue weighted by molar-refractivity contribution is 5.52. The molecule has 20 heavy (non-hydrogen) atoms. The minimum Gasteiger partial charge on any atom is -0.447 e. The minimum atomic E-state index is -0.667. The molecule has 7 heteroatoms. The highest BCUT2D eigenvalue weighted by Gasteiger charge is 2.29. The molecule has 1 unspecified atom stereocenters. The Hall–Kier alpha value is -3.32. The van der Waals surface area contributed by atoms with Crippen LogP contribution in [0.5, 0.6) is 0 Å². The highest BCUT2D eigenvalue weighted by atomic mass is 16.6. The summed E-state index contributed by atoms with van der Waals surface area (Å²) in [6.45, 7) is 0. The van der Waals surface area contributed by atoms with Gasteiger partial charge in [-0.2, -0.15) is 10.5 Å². The molecule has 98 valence electrons. The number of allylic oxidation sites excluding steroid dienone is 2. The number of rotatable bonds is 2. The van der Waals surface area contributed by atoms with Crippen molar-refractivity contribution in [2.24, 2.45) is 5.73 Å². The summed E-state index contributed by atoms with van der Waals surface area (Å²) >= 11 is 0. The van der Waals surface area contributed by atoms with Crippen LogP contribution >= 0.6 is 0 Å². The van der Waals surface area contributed by atoms with E-state index in [1.807, 2.05) is 12.1 Å². The predicted molar refractivity (Wildman–Crippen MR) is 67.4 cm³/mol. The summed E-state index contributed by atoms with van der Waals surface area (Å²) in [6.07, 6.45) is 1.18. The third-order valence-electron chi connectivity index (χ3n) is 2.86. The monoisotopic (exact) mass is 268 g/mol. The van der Waals surface area contributed by atoms with Gasteiger partial charge in [0.1, 0.15) is 17.9 Å². The molecule has 0 saturated heterocycles. The topological polar surface area (TPSA) is 126 Å². The normalized spacial score (nSPS) is 17.5. The third-order valence-corrected chi connectivity index (χ3v) is 2.86. The Bertz CT molecular complexity index is 705. The van der Waals surface area contributed by atoms with Crippen molar-refractivity contribution >= 4 is 5.69 Å². The average Bonchev–Trinajstić information content (AvgIpc) is 2.47. The Balaban J connectivity index is 2.50. The molecule has 1 aliphatic heterocycles. The van der Waals surface area contributed by atoms with Gasteiger partial charge in [-0.15, -0.1) is 0 Å². The first-order valence-corrected chi connectivity index (χ1v) is 5.49. The van der Waals surface area contributed by atoms with Gasteiger partial charge in [-0.1, -0.05) is 12.1 Å². The van der Waals surface area contributed by atoms with E-state index in [9.17, 15) is 10.1 Å². The summed E-state index contributed by atoms with van der Waals surface area (Å²) in [4.78, 5) is 10.1. The van der Waals surface area contributed by atoms with Gasteiger partial charge in [0.2, 0.25) is 5.88 Å². The van der Waals surface area contributed by atoms with E-state index < -0.39 is 10.8 Å². The fourth-order valence-electron chi connectivity index (χ4n) is 1.90. The number of nitro benzene ring substituents is 1. The smallest absolute Gasteiger partial charge is 0.269 e. The number of ether oxygens (including phenoxy) is 1. The van der Waals surface area contributed by atoms with Crippen molar-refractivity contribution in [2.45, 2.75) is 5.92 Å². The molecular formula is C13H8N4O3. The molecule has 0 aromatic heterocycles. The molecule has 1 heterocycles. The Morgan fingerprint density at radius 3 is 2.40 bits per heavy atom. The zero-order valence-corrected chi connectivity index (χ0v) is 10.1. The van der Waals surface area contributed by atoms with Crippen LogP contribution in [0, 0.1) is 32.8 Å². The molecule has 1 aromatic carbocycles. The number of hydrogen-bond acceptors (Lipinski definition) is 6. The molecule has 0 fully saturated rings. The van der Waals surface area contributed by atoms with Crippen LogP contribution in [-0.4, -0.2) is 4.92 Å². The van der Waals surface area contributed by atoms with Crippen LogP contribution in [0.1, 0.15) is 11.5 Å². The molecule has 0 saturated carbocycles. The van der Waals surface area contributed by atoms with Crippen LogP contribution in [0.2, 0.25) is 0 Å². The number of hydrogen-bond donors (Lipinski definition) is 1.